The third-order valence-electron chi connectivity index (χ3n) is 3.44. The molecule has 0 atom stereocenters. The number of nitro groups is 1. The van der Waals surface area contributed by atoms with Crippen molar-refractivity contribution in [3.63, 3.8) is 0 Å². The first-order valence-corrected chi connectivity index (χ1v) is 7.32. The van der Waals surface area contributed by atoms with Crippen LogP contribution in [0, 0.1) is 10.1 Å². The number of ether oxygens (including phenoxy) is 1. The van der Waals surface area contributed by atoms with Crippen LogP contribution in [0.15, 0.2) is 47.4 Å². The van der Waals surface area contributed by atoms with E-state index in [0.29, 0.717) is 17.8 Å². The molecule has 0 radical (unpaired) electrons. The summed E-state index contributed by atoms with van der Waals surface area (Å²) in [5.41, 5.74) is 1.33. The summed E-state index contributed by atoms with van der Waals surface area (Å²) >= 11 is 0. The minimum atomic E-state index is -0.466. The fraction of sp³-hybridized carbons (Fsp3) is 0.188. The van der Waals surface area contributed by atoms with Gasteiger partial charge in [-0.05, 0) is 24.6 Å². The Kier molecular flexibility index (Phi) is 4.19. The first kappa shape index (κ1) is 15.6. The average molecular weight is 326 g/mol. The number of non-ortho nitro benzene ring substituents is 1. The Labute approximate surface area is 136 Å². The maximum absolute atomic E-state index is 12.6. The van der Waals surface area contributed by atoms with E-state index in [4.69, 9.17) is 4.74 Å². The Morgan fingerprint density at radius 3 is 2.67 bits per heavy atom. The Morgan fingerprint density at radius 2 is 2.00 bits per heavy atom. The van der Waals surface area contributed by atoms with Crippen LogP contribution in [0.2, 0.25) is 0 Å². The predicted molar refractivity (Wildman–Crippen MR) is 87.2 cm³/mol. The van der Waals surface area contributed by atoms with Crippen molar-refractivity contribution < 1.29 is 9.66 Å². The Balaban J connectivity index is 2.08. The van der Waals surface area contributed by atoms with Gasteiger partial charge in [-0.15, -0.1) is 0 Å². The summed E-state index contributed by atoms with van der Waals surface area (Å²) in [6.07, 6.45) is 1.58. The van der Waals surface area contributed by atoms with Crippen molar-refractivity contribution >= 4 is 16.9 Å². The number of aromatic nitrogens is 3. The van der Waals surface area contributed by atoms with E-state index in [-0.39, 0.29) is 23.7 Å². The van der Waals surface area contributed by atoms with Crippen molar-refractivity contribution in [1.82, 2.24) is 14.5 Å². The smallest absolute Gasteiger partial charge is 0.315 e. The molecule has 24 heavy (non-hydrogen) atoms. The van der Waals surface area contributed by atoms with Gasteiger partial charge in [-0.25, -0.2) is 9.97 Å². The molecule has 2 heterocycles. The second kappa shape index (κ2) is 6.45. The lowest BCUT2D eigenvalue weighted by Gasteiger charge is -2.11. The van der Waals surface area contributed by atoms with Gasteiger partial charge in [0.1, 0.15) is 5.52 Å². The lowest BCUT2D eigenvalue weighted by atomic mass is 10.2. The maximum Gasteiger partial charge on any atom is 0.315 e. The van der Waals surface area contributed by atoms with Crippen LogP contribution in [-0.4, -0.2) is 26.1 Å². The molecular formula is C16H14N4O4. The summed E-state index contributed by atoms with van der Waals surface area (Å²) in [7, 11) is 0. The Bertz CT molecular complexity index is 950. The van der Waals surface area contributed by atoms with Gasteiger partial charge in [0.15, 0.2) is 5.65 Å². The molecular weight excluding hydrogens is 312 g/mol. The lowest BCUT2D eigenvalue weighted by Crippen LogP contribution is -2.25. The number of nitrogens with zero attached hydrogens (tertiary/aromatic N) is 4. The van der Waals surface area contributed by atoms with E-state index in [1.165, 1.54) is 16.7 Å². The normalized spacial score (nSPS) is 10.7. The van der Waals surface area contributed by atoms with Crippen LogP contribution >= 0.6 is 0 Å². The van der Waals surface area contributed by atoms with Gasteiger partial charge in [0, 0.05) is 18.3 Å². The van der Waals surface area contributed by atoms with Gasteiger partial charge in [-0.3, -0.25) is 19.5 Å². The van der Waals surface area contributed by atoms with Crippen LogP contribution in [-0.2, 0) is 6.54 Å². The molecule has 0 fully saturated rings. The molecule has 3 rings (SSSR count). The highest BCUT2D eigenvalue weighted by molar-refractivity contribution is 5.70. The first-order valence-electron chi connectivity index (χ1n) is 7.32. The Hall–Kier alpha value is -3.29. The number of rotatable bonds is 5. The van der Waals surface area contributed by atoms with E-state index in [9.17, 15) is 14.9 Å². The van der Waals surface area contributed by atoms with Crippen LogP contribution in [0.25, 0.3) is 11.2 Å². The molecule has 0 saturated carbocycles. The van der Waals surface area contributed by atoms with Crippen LogP contribution in [0.3, 0.4) is 0 Å². The van der Waals surface area contributed by atoms with E-state index in [0.717, 1.165) is 5.56 Å². The maximum atomic E-state index is 12.6. The lowest BCUT2D eigenvalue weighted by molar-refractivity contribution is -0.384. The van der Waals surface area contributed by atoms with E-state index < -0.39 is 4.92 Å². The number of benzene rings is 1. The van der Waals surface area contributed by atoms with Crippen molar-refractivity contribution in [2.24, 2.45) is 0 Å². The van der Waals surface area contributed by atoms with Crippen molar-refractivity contribution in [3.8, 4) is 5.88 Å². The van der Waals surface area contributed by atoms with Crippen molar-refractivity contribution in [2.45, 2.75) is 13.5 Å². The second-order valence-electron chi connectivity index (χ2n) is 5.01. The molecule has 0 aliphatic heterocycles. The molecule has 0 saturated heterocycles. The summed E-state index contributed by atoms with van der Waals surface area (Å²) in [6.45, 7) is 2.31. The molecule has 3 aromatic rings. The van der Waals surface area contributed by atoms with Gasteiger partial charge in [-0.1, -0.05) is 12.1 Å². The van der Waals surface area contributed by atoms with Gasteiger partial charge in [0.05, 0.1) is 18.1 Å². The standard InChI is InChI=1S/C16H14N4O4/c1-2-24-15-16(21)19(14-13(18-15)4-3-9-17-14)10-11-5-7-12(8-6-11)20(22)23/h3-9H,2,10H2,1H3. The molecule has 0 bridgehead atoms. The average Bonchev–Trinajstić information content (AvgIpc) is 2.59. The van der Waals surface area contributed by atoms with Gasteiger partial charge < -0.3 is 4.74 Å². The molecule has 122 valence electrons. The molecule has 0 aliphatic rings. The molecule has 2 aromatic heterocycles. The van der Waals surface area contributed by atoms with Crippen molar-refractivity contribution in [2.75, 3.05) is 6.61 Å². The summed E-state index contributed by atoms with van der Waals surface area (Å²) < 4.78 is 6.77. The van der Waals surface area contributed by atoms with Crippen LogP contribution in [0.1, 0.15) is 12.5 Å². The summed E-state index contributed by atoms with van der Waals surface area (Å²) in [5.74, 6) is 0.0138. The molecule has 0 amide bonds. The van der Waals surface area contributed by atoms with E-state index in [2.05, 4.69) is 9.97 Å². The highest BCUT2D eigenvalue weighted by Crippen LogP contribution is 2.15. The summed E-state index contributed by atoms with van der Waals surface area (Å²) in [4.78, 5) is 31.3. The zero-order valence-electron chi connectivity index (χ0n) is 12.9. The van der Waals surface area contributed by atoms with Crippen LogP contribution in [0.4, 0.5) is 5.69 Å². The number of nitro benzene ring substituents is 1. The fourth-order valence-corrected chi connectivity index (χ4v) is 2.34. The highest BCUT2D eigenvalue weighted by Gasteiger charge is 2.13. The SMILES string of the molecule is CCOc1nc2cccnc2n(Cc2ccc([N+](=O)[O-])cc2)c1=O. The van der Waals surface area contributed by atoms with Gasteiger partial charge in [0.2, 0.25) is 0 Å². The molecule has 0 spiro atoms. The van der Waals surface area contributed by atoms with E-state index in [1.807, 2.05) is 0 Å². The van der Waals surface area contributed by atoms with Gasteiger partial charge in [0.25, 0.3) is 11.6 Å². The summed E-state index contributed by atoms with van der Waals surface area (Å²) in [6, 6.07) is 9.50. The molecule has 0 N–H and O–H groups in total. The molecule has 0 unspecified atom stereocenters. The van der Waals surface area contributed by atoms with E-state index in [1.54, 1.807) is 37.4 Å². The van der Waals surface area contributed by atoms with Crippen LogP contribution < -0.4 is 10.3 Å². The third-order valence-corrected chi connectivity index (χ3v) is 3.44. The van der Waals surface area contributed by atoms with Gasteiger partial charge in [-0.2, -0.15) is 0 Å². The molecule has 8 nitrogen and oxygen atoms in total. The molecule has 1 aromatic carbocycles. The van der Waals surface area contributed by atoms with Crippen molar-refractivity contribution in [1.29, 1.82) is 0 Å². The predicted octanol–water partition coefficient (Wildman–Crippen LogP) is 2.15. The quantitative estimate of drug-likeness (QED) is 0.526. The monoisotopic (exact) mass is 326 g/mol. The summed E-state index contributed by atoms with van der Waals surface area (Å²) in [5, 5.41) is 10.7. The molecule has 0 aliphatic carbocycles. The second-order valence-corrected chi connectivity index (χ2v) is 5.01. The number of hydrogen-bond donors (Lipinski definition) is 0. The van der Waals surface area contributed by atoms with Crippen molar-refractivity contribution in [3.05, 3.63) is 68.6 Å². The number of pyridine rings is 1. The van der Waals surface area contributed by atoms with Gasteiger partial charge >= 0.3 is 5.56 Å². The zero-order valence-corrected chi connectivity index (χ0v) is 12.9. The minimum Gasteiger partial charge on any atom is -0.474 e. The highest BCUT2D eigenvalue weighted by atomic mass is 16.6. The number of hydrogen-bond acceptors (Lipinski definition) is 6. The Morgan fingerprint density at radius 1 is 1.25 bits per heavy atom. The minimum absolute atomic E-state index is 0.00110. The van der Waals surface area contributed by atoms with E-state index >= 15 is 0 Å². The van der Waals surface area contributed by atoms with Crippen LogP contribution in [0.5, 0.6) is 5.88 Å². The fourth-order valence-electron chi connectivity index (χ4n) is 2.34. The molecule has 8 heteroatoms. The number of fused-ring (bicyclic) bond motifs is 1. The first-order chi connectivity index (χ1) is 11.6. The topological polar surface area (TPSA) is 100 Å². The zero-order chi connectivity index (χ0) is 17.1. The largest absolute Gasteiger partial charge is 0.474 e. The third kappa shape index (κ3) is 2.94.